The van der Waals surface area contributed by atoms with Crippen molar-refractivity contribution in [2.75, 3.05) is 31.6 Å². The average molecular weight is 335 g/mol. The molecule has 24 heavy (non-hydrogen) atoms. The molecule has 0 aromatic carbocycles. The third-order valence-electron chi connectivity index (χ3n) is 3.69. The van der Waals surface area contributed by atoms with Gasteiger partial charge in [0.1, 0.15) is 5.69 Å². The third-order valence-corrected chi connectivity index (χ3v) is 3.69. The number of anilines is 1. The molecule has 1 aliphatic rings. The number of ether oxygens (including phenoxy) is 1. The van der Waals surface area contributed by atoms with Crippen molar-refractivity contribution in [3.8, 4) is 0 Å². The minimum atomic E-state index is -0.337. The minimum Gasteiger partial charge on any atom is -0.378 e. The molecule has 1 fully saturated rings. The first-order valence-electron chi connectivity index (χ1n) is 8.05. The van der Waals surface area contributed by atoms with Crippen LogP contribution in [0.3, 0.4) is 0 Å². The lowest BCUT2D eigenvalue weighted by Crippen LogP contribution is -2.41. The number of hydrogen-bond donors (Lipinski definition) is 1. The number of nitrogens with zero attached hydrogens (tertiary/aromatic N) is 2. The summed E-state index contributed by atoms with van der Waals surface area (Å²) in [6.07, 6.45) is 1.79. The zero-order chi connectivity index (χ0) is 17.9. The van der Waals surface area contributed by atoms with Crippen molar-refractivity contribution in [3.05, 3.63) is 28.2 Å². The normalized spacial score (nSPS) is 15.2. The maximum absolute atomic E-state index is 12.6. The fourth-order valence-corrected chi connectivity index (χ4v) is 2.54. The van der Waals surface area contributed by atoms with Crippen molar-refractivity contribution in [2.24, 2.45) is 12.5 Å². The van der Waals surface area contributed by atoms with E-state index in [2.05, 4.69) is 5.32 Å². The van der Waals surface area contributed by atoms with E-state index in [1.807, 2.05) is 20.8 Å². The highest BCUT2D eigenvalue weighted by Gasteiger charge is 2.21. The van der Waals surface area contributed by atoms with Crippen molar-refractivity contribution in [3.63, 3.8) is 0 Å². The van der Waals surface area contributed by atoms with Gasteiger partial charge in [0.05, 0.1) is 18.8 Å². The van der Waals surface area contributed by atoms with Crippen LogP contribution in [0.5, 0.6) is 0 Å². The molecular formula is C17H25N3O4. The van der Waals surface area contributed by atoms with Crippen molar-refractivity contribution in [1.82, 2.24) is 9.47 Å². The number of pyridine rings is 1. The van der Waals surface area contributed by atoms with Crippen LogP contribution in [0.25, 0.3) is 0 Å². The number of morpholine rings is 1. The highest BCUT2D eigenvalue weighted by atomic mass is 16.5. The van der Waals surface area contributed by atoms with Crippen molar-refractivity contribution >= 4 is 17.5 Å². The first kappa shape index (κ1) is 18.2. The second-order valence-corrected chi connectivity index (χ2v) is 7.25. The van der Waals surface area contributed by atoms with Crippen molar-refractivity contribution < 1.29 is 14.3 Å². The van der Waals surface area contributed by atoms with Crippen molar-refractivity contribution in [2.45, 2.75) is 27.2 Å². The molecule has 0 bridgehead atoms. The Bertz CT molecular complexity index is 682. The summed E-state index contributed by atoms with van der Waals surface area (Å²) in [4.78, 5) is 38.6. The monoisotopic (exact) mass is 335 g/mol. The quantitative estimate of drug-likeness (QED) is 0.901. The van der Waals surface area contributed by atoms with E-state index < -0.39 is 0 Å². The topological polar surface area (TPSA) is 80.6 Å². The number of carbonyl (C=O) groups excluding carboxylic acids is 2. The molecule has 0 aliphatic carbocycles. The number of amides is 2. The molecule has 0 unspecified atom stereocenters. The maximum Gasteiger partial charge on any atom is 0.274 e. The Kier molecular flexibility index (Phi) is 5.43. The van der Waals surface area contributed by atoms with Gasteiger partial charge < -0.3 is 19.5 Å². The van der Waals surface area contributed by atoms with Crippen LogP contribution in [-0.2, 0) is 16.6 Å². The fraction of sp³-hybridized carbons (Fsp3) is 0.588. The molecule has 1 aliphatic heterocycles. The van der Waals surface area contributed by atoms with Gasteiger partial charge in [0.2, 0.25) is 5.91 Å². The number of nitrogens with one attached hydrogen (secondary N) is 1. The molecule has 0 atom stereocenters. The van der Waals surface area contributed by atoms with Gasteiger partial charge in [-0.05, 0) is 11.5 Å². The van der Waals surface area contributed by atoms with Gasteiger partial charge >= 0.3 is 0 Å². The van der Waals surface area contributed by atoms with E-state index in [0.29, 0.717) is 31.9 Å². The zero-order valence-corrected chi connectivity index (χ0v) is 14.7. The molecule has 1 aromatic heterocycles. The molecule has 1 saturated heterocycles. The Labute approximate surface area is 141 Å². The van der Waals surface area contributed by atoms with Crippen LogP contribution in [0.15, 0.2) is 17.1 Å². The van der Waals surface area contributed by atoms with Gasteiger partial charge in [-0.3, -0.25) is 14.4 Å². The van der Waals surface area contributed by atoms with Gasteiger partial charge in [-0.25, -0.2) is 0 Å². The number of aryl methyl sites for hydroxylation is 1. The van der Waals surface area contributed by atoms with Crippen LogP contribution in [0, 0.1) is 5.41 Å². The highest BCUT2D eigenvalue weighted by molar-refractivity contribution is 5.97. The van der Waals surface area contributed by atoms with E-state index in [1.54, 1.807) is 11.9 Å². The first-order valence-corrected chi connectivity index (χ1v) is 8.05. The summed E-state index contributed by atoms with van der Waals surface area (Å²) < 4.78 is 6.57. The zero-order valence-electron chi connectivity index (χ0n) is 14.7. The van der Waals surface area contributed by atoms with Gasteiger partial charge in [0.15, 0.2) is 0 Å². The molecule has 1 aromatic rings. The summed E-state index contributed by atoms with van der Waals surface area (Å²) in [5, 5.41) is 2.64. The van der Waals surface area contributed by atoms with E-state index in [1.165, 1.54) is 16.8 Å². The predicted molar refractivity (Wildman–Crippen MR) is 91.1 cm³/mol. The van der Waals surface area contributed by atoms with Gasteiger partial charge in [-0.2, -0.15) is 0 Å². The molecule has 7 heteroatoms. The van der Waals surface area contributed by atoms with Crippen LogP contribution in [-0.4, -0.2) is 47.6 Å². The largest absolute Gasteiger partial charge is 0.378 e. The molecule has 7 nitrogen and oxygen atoms in total. The lowest BCUT2D eigenvalue weighted by Gasteiger charge is -2.27. The maximum atomic E-state index is 12.6. The van der Waals surface area contributed by atoms with Gasteiger partial charge in [-0.15, -0.1) is 0 Å². The highest BCUT2D eigenvalue weighted by Crippen LogP contribution is 2.19. The second kappa shape index (κ2) is 7.17. The molecular weight excluding hydrogens is 310 g/mol. The van der Waals surface area contributed by atoms with E-state index in [4.69, 9.17) is 4.74 Å². The summed E-state index contributed by atoms with van der Waals surface area (Å²) >= 11 is 0. The molecule has 2 heterocycles. The number of rotatable bonds is 3. The summed E-state index contributed by atoms with van der Waals surface area (Å²) in [6, 6.07) is 1.46. The molecule has 2 amide bonds. The Hall–Kier alpha value is -2.15. The van der Waals surface area contributed by atoms with Crippen LogP contribution in [0.2, 0.25) is 0 Å². The molecule has 2 rings (SSSR count). The average Bonchev–Trinajstić information content (AvgIpc) is 2.50. The molecule has 132 valence electrons. The van der Waals surface area contributed by atoms with E-state index in [-0.39, 0.29) is 34.9 Å². The second-order valence-electron chi connectivity index (χ2n) is 7.25. The minimum absolute atomic E-state index is 0.130. The number of carbonyl (C=O) groups is 2. The third kappa shape index (κ3) is 4.67. The molecule has 0 saturated carbocycles. The fourth-order valence-electron chi connectivity index (χ4n) is 2.54. The van der Waals surface area contributed by atoms with Crippen molar-refractivity contribution in [1.29, 1.82) is 0 Å². The SMILES string of the molecule is Cn1cc(C(=O)N2CCOCC2)cc(NC(=O)CC(C)(C)C)c1=O. The van der Waals surface area contributed by atoms with Crippen LogP contribution >= 0.6 is 0 Å². The van der Waals surface area contributed by atoms with E-state index in [0.717, 1.165) is 0 Å². The summed E-state index contributed by atoms with van der Waals surface area (Å²) in [5.41, 5.74) is -0.0111. The lowest BCUT2D eigenvalue weighted by molar-refractivity contribution is -0.117. The smallest absolute Gasteiger partial charge is 0.274 e. The summed E-state index contributed by atoms with van der Waals surface area (Å²) in [5.74, 6) is -0.407. The Morgan fingerprint density at radius 1 is 1.25 bits per heavy atom. The van der Waals surface area contributed by atoms with Gasteiger partial charge in [-0.1, -0.05) is 20.8 Å². The van der Waals surface area contributed by atoms with Crippen LogP contribution in [0.1, 0.15) is 37.6 Å². The standard InChI is InChI=1S/C17H25N3O4/c1-17(2,3)10-14(21)18-13-9-12(11-19(4)16(13)23)15(22)20-5-7-24-8-6-20/h9,11H,5-8,10H2,1-4H3,(H,18,21). The lowest BCUT2D eigenvalue weighted by atomic mass is 9.92. The summed E-state index contributed by atoms with van der Waals surface area (Å²) in [6.45, 7) is 7.90. The number of aromatic nitrogens is 1. The van der Waals surface area contributed by atoms with Crippen LogP contribution in [0.4, 0.5) is 5.69 Å². The summed E-state index contributed by atoms with van der Waals surface area (Å²) in [7, 11) is 1.57. The Morgan fingerprint density at radius 3 is 2.46 bits per heavy atom. The predicted octanol–water partition coefficient (Wildman–Crippen LogP) is 1.23. The Balaban J connectivity index is 2.23. The first-order chi connectivity index (χ1) is 11.2. The molecule has 0 spiro atoms. The Morgan fingerprint density at radius 2 is 1.88 bits per heavy atom. The van der Waals surface area contributed by atoms with E-state index in [9.17, 15) is 14.4 Å². The molecule has 1 N–H and O–H groups in total. The van der Waals surface area contributed by atoms with Gasteiger partial charge in [0.25, 0.3) is 11.5 Å². The molecule has 0 radical (unpaired) electrons. The number of hydrogen-bond acceptors (Lipinski definition) is 4. The van der Waals surface area contributed by atoms with Gasteiger partial charge in [0, 0.05) is 32.8 Å². The van der Waals surface area contributed by atoms with E-state index >= 15 is 0 Å². The van der Waals surface area contributed by atoms with Crippen LogP contribution < -0.4 is 10.9 Å².